The smallest absolute Gasteiger partial charge is 0.340 e. The lowest BCUT2D eigenvalue weighted by molar-refractivity contribution is 0.0521. The molecule has 70 valence electrons. The molecule has 0 aliphatic carbocycles. The number of esters is 1. The van der Waals surface area contributed by atoms with Gasteiger partial charge in [0.25, 0.3) is 0 Å². The van der Waals surface area contributed by atoms with Gasteiger partial charge in [-0.25, -0.2) is 9.78 Å². The van der Waals surface area contributed by atoms with Gasteiger partial charge in [0.1, 0.15) is 5.03 Å². The van der Waals surface area contributed by atoms with Gasteiger partial charge in [0.15, 0.2) is 0 Å². The van der Waals surface area contributed by atoms with E-state index in [0.717, 1.165) is 0 Å². The molecule has 0 spiro atoms. The molecule has 0 N–H and O–H groups in total. The van der Waals surface area contributed by atoms with Crippen LogP contribution in [0.25, 0.3) is 0 Å². The fraction of sp³-hybridized carbons (Fsp3) is 0.333. The molecule has 0 saturated heterocycles. The van der Waals surface area contributed by atoms with Gasteiger partial charge >= 0.3 is 5.97 Å². The van der Waals surface area contributed by atoms with Gasteiger partial charge < -0.3 is 4.74 Å². The molecule has 1 aromatic rings. The summed E-state index contributed by atoms with van der Waals surface area (Å²) >= 11 is 1.44. The molecule has 0 bridgehead atoms. The van der Waals surface area contributed by atoms with Gasteiger partial charge in [-0.05, 0) is 25.3 Å². The van der Waals surface area contributed by atoms with E-state index in [1.165, 1.54) is 11.8 Å². The van der Waals surface area contributed by atoms with Crippen molar-refractivity contribution in [1.29, 1.82) is 0 Å². The van der Waals surface area contributed by atoms with Crippen molar-refractivity contribution in [2.75, 3.05) is 12.9 Å². The Morgan fingerprint density at radius 2 is 2.46 bits per heavy atom. The van der Waals surface area contributed by atoms with Gasteiger partial charge in [-0.15, -0.1) is 11.8 Å². The van der Waals surface area contributed by atoms with Gasteiger partial charge in [0.2, 0.25) is 0 Å². The zero-order chi connectivity index (χ0) is 9.68. The summed E-state index contributed by atoms with van der Waals surface area (Å²) in [6.45, 7) is 2.18. The van der Waals surface area contributed by atoms with Crippen LogP contribution >= 0.6 is 11.8 Å². The van der Waals surface area contributed by atoms with Crippen LogP contribution in [0.3, 0.4) is 0 Å². The van der Waals surface area contributed by atoms with Gasteiger partial charge in [-0.1, -0.05) is 0 Å². The molecule has 0 unspecified atom stereocenters. The van der Waals surface area contributed by atoms with Gasteiger partial charge in [0, 0.05) is 6.20 Å². The highest BCUT2D eigenvalue weighted by molar-refractivity contribution is 7.98. The summed E-state index contributed by atoms with van der Waals surface area (Å²) in [4.78, 5) is 15.4. The molecule has 1 aromatic heterocycles. The number of rotatable bonds is 3. The highest BCUT2D eigenvalue weighted by Gasteiger charge is 2.11. The molecule has 13 heavy (non-hydrogen) atoms. The van der Waals surface area contributed by atoms with Crippen molar-refractivity contribution in [3.05, 3.63) is 23.9 Å². The molecule has 0 aliphatic rings. The number of hydrogen-bond donors (Lipinski definition) is 0. The number of pyridine rings is 1. The maximum Gasteiger partial charge on any atom is 0.340 e. The number of hydrogen-bond acceptors (Lipinski definition) is 4. The Balaban J connectivity index is 2.92. The maximum atomic E-state index is 11.3. The Bertz CT molecular complexity index is 301. The summed E-state index contributed by atoms with van der Waals surface area (Å²) in [5.74, 6) is -0.306. The zero-order valence-electron chi connectivity index (χ0n) is 7.61. The number of thioether (sulfide) groups is 1. The van der Waals surface area contributed by atoms with Crippen LogP contribution in [0.15, 0.2) is 23.4 Å². The molecular weight excluding hydrogens is 186 g/mol. The van der Waals surface area contributed by atoms with Crippen molar-refractivity contribution < 1.29 is 9.53 Å². The third-order valence-corrected chi connectivity index (χ3v) is 2.17. The lowest BCUT2D eigenvalue weighted by atomic mass is 10.3. The van der Waals surface area contributed by atoms with Crippen LogP contribution in [0.2, 0.25) is 0 Å². The van der Waals surface area contributed by atoms with E-state index in [0.29, 0.717) is 17.2 Å². The molecule has 0 saturated carbocycles. The van der Waals surface area contributed by atoms with E-state index < -0.39 is 0 Å². The van der Waals surface area contributed by atoms with Crippen LogP contribution in [0.5, 0.6) is 0 Å². The first-order valence-corrected chi connectivity index (χ1v) is 5.18. The van der Waals surface area contributed by atoms with E-state index in [-0.39, 0.29) is 5.97 Å². The number of carbonyl (C=O) groups is 1. The zero-order valence-corrected chi connectivity index (χ0v) is 8.43. The average Bonchev–Trinajstić information content (AvgIpc) is 2.18. The highest BCUT2D eigenvalue weighted by atomic mass is 32.2. The van der Waals surface area contributed by atoms with Crippen LogP contribution < -0.4 is 0 Å². The summed E-state index contributed by atoms with van der Waals surface area (Å²) < 4.78 is 4.88. The van der Waals surface area contributed by atoms with E-state index in [1.807, 2.05) is 6.26 Å². The molecule has 0 aromatic carbocycles. The van der Waals surface area contributed by atoms with E-state index in [4.69, 9.17) is 4.74 Å². The standard InChI is InChI=1S/C9H11NO2S/c1-3-12-9(11)7-5-4-6-10-8(7)13-2/h4-6H,3H2,1-2H3. The fourth-order valence-electron chi connectivity index (χ4n) is 0.918. The van der Waals surface area contributed by atoms with Crippen LogP contribution in [-0.2, 0) is 4.74 Å². The first kappa shape index (κ1) is 10.1. The summed E-state index contributed by atoms with van der Waals surface area (Å²) in [5.41, 5.74) is 0.539. The lowest BCUT2D eigenvalue weighted by Gasteiger charge is -2.04. The molecule has 0 radical (unpaired) electrons. The second-order valence-corrected chi connectivity index (χ2v) is 3.08. The second kappa shape index (κ2) is 4.87. The Morgan fingerprint density at radius 1 is 1.69 bits per heavy atom. The Morgan fingerprint density at radius 3 is 3.08 bits per heavy atom. The molecule has 0 amide bonds. The van der Waals surface area contributed by atoms with E-state index in [1.54, 1.807) is 25.3 Å². The normalized spacial score (nSPS) is 9.69. The van der Waals surface area contributed by atoms with Gasteiger partial charge in [-0.2, -0.15) is 0 Å². The Hall–Kier alpha value is -1.03. The van der Waals surface area contributed by atoms with Crippen molar-refractivity contribution in [3.63, 3.8) is 0 Å². The molecular formula is C9H11NO2S. The van der Waals surface area contributed by atoms with Crippen LogP contribution in [-0.4, -0.2) is 23.8 Å². The fourth-order valence-corrected chi connectivity index (χ4v) is 1.46. The lowest BCUT2D eigenvalue weighted by Crippen LogP contribution is -2.06. The topological polar surface area (TPSA) is 39.2 Å². The van der Waals surface area contributed by atoms with Crippen LogP contribution in [0.1, 0.15) is 17.3 Å². The predicted octanol–water partition coefficient (Wildman–Crippen LogP) is 1.98. The summed E-state index contributed by atoms with van der Waals surface area (Å²) in [5, 5.41) is 0.709. The SMILES string of the molecule is CCOC(=O)c1cccnc1SC. The number of carbonyl (C=O) groups excluding carboxylic acids is 1. The number of ether oxygens (including phenoxy) is 1. The summed E-state index contributed by atoms with van der Waals surface area (Å²) in [6, 6.07) is 3.45. The van der Waals surface area contributed by atoms with Gasteiger partial charge in [-0.3, -0.25) is 0 Å². The number of aromatic nitrogens is 1. The molecule has 3 nitrogen and oxygen atoms in total. The Labute approximate surface area is 81.5 Å². The predicted molar refractivity (Wildman–Crippen MR) is 52.0 cm³/mol. The largest absolute Gasteiger partial charge is 0.462 e. The molecule has 4 heteroatoms. The van der Waals surface area contributed by atoms with Crippen molar-refractivity contribution >= 4 is 17.7 Å². The first-order valence-electron chi connectivity index (χ1n) is 3.95. The second-order valence-electron chi connectivity index (χ2n) is 2.28. The van der Waals surface area contributed by atoms with E-state index in [9.17, 15) is 4.79 Å². The van der Waals surface area contributed by atoms with Crippen molar-refractivity contribution in [1.82, 2.24) is 4.98 Å². The van der Waals surface area contributed by atoms with E-state index in [2.05, 4.69) is 4.98 Å². The van der Waals surface area contributed by atoms with Crippen LogP contribution in [0.4, 0.5) is 0 Å². The summed E-state index contributed by atoms with van der Waals surface area (Å²) in [6.07, 6.45) is 3.54. The molecule has 1 rings (SSSR count). The van der Waals surface area contributed by atoms with Crippen molar-refractivity contribution in [3.8, 4) is 0 Å². The van der Waals surface area contributed by atoms with Crippen molar-refractivity contribution in [2.45, 2.75) is 11.9 Å². The number of nitrogens with zero attached hydrogens (tertiary/aromatic N) is 1. The summed E-state index contributed by atoms with van der Waals surface area (Å²) in [7, 11) is 0. The quantitative estimate of drug-likeness (QED) is 0.548. The third kappa shape index (κ3) is 2.45. The molecule has 0 fully saturated rings. The highest BCUT2D eigenvalue weighted by Crippen LogP contribution is 2.17. The van der Waals surface area contributed by atoms with Crippen molar-refractivity contribution in [2.24, 2.45) is 0 Å². The third-order valence-electron chi connectivity index (χ3n) is 1.46. The van der Waals surface area contributed by atoms with Crippen LogP contribution in [0, 0.1) is 0 Å². The minimum Gasteiger partial charge on any atom is -0.462 e. The van der Waals surface area contributed by atoms with E-state index >= 15 is 0 Å². The Kier molecular flexibility index (Phi) is 3.76. The minimum atomic E-state index is -0.306. The molecule has 1 heterocycles. The average molecular weight is 197 g/mol. The first-order chi connectivity index (χ1) is 6.29. The van der Waals surface area contributed by atoms with Gasteiger partial charge in [0.05, 0.1) is 12.2 Å². The molecule has 0 aliphatic heterocycles. The monoisotopic (exact) mass is 197 g/mol. The maximum absolute atomic E-state index is 11.3. The molecule has 0 atom stereocenters. The minimum absolute atomic E-state index is 0.306.